The van der Waals surface area contributed by atoms with E-state index in [4.69, 9.17) is 9.47 Å². The van der Waals surface area contributed by atoms with E-state index in [0.29, 0.717) is 28.6 Å². The Bertz CT molecular complexity index is 1320. The molecule has 0 spiro atoms. The van der Waals surface area contributed by atoms with Gasteiger partial charge in [-0.05, 0) is 53.6 Å². The Hall–Kier alpha value is -4.85. The molecule has 1 heterocycles. The summed E-state index contributed by atoms with van der Waals surface area (Å²) < 4.78 is 11.2. The zero-order valence-electron chi connectivity index (χ0n) is 19.2. The third kappa shape index (κ3) is 5.94. The predicted octanol–water partition coefficient (Wildman–Crippen LogP) is 5.55. The molecule has 8 heteroatoms. The Morgan fingerprint density at radius 1 is 0.800 bits per heavy atom. The number of nitrogens with one attached hydrogen (secondary N) is 3. The first-order chi connectivity index (χ1) is 17.1. The molecular formula is C27H24N4O4. The van der Waals surface area contributed by atoms with Crippen LogP contribution in [0.2, 0.25) is 0 Å². The topological polar surface area (TPSA) is 102 Å². The predicted molar refractivity (Wildman–Crippen MR) is 135 cm³/mol. The molecule has 0 aliphatic heterocycles. The fourth-order valence-electron chi connectivity index (χ4n) is 3.37. The molecule has 0 radical (unpaired) electrons. The summed E-state index contributed by atoms with van der Waals surface area (Å²) in [5.41, 5.74) is 3.38. The summed E-state index contributed by atoms with van der Waals surface area (Å²) in [4.78, 5) is 28.4. The molecular weight excluding hydrogens is 444 g/mol. The van der Waals surface area contributed by atoms with Crippen LogP contribution in [0.1, 0.15) is 10.5 Å². The van der Waals surface area contributed by atoms with E-state index in [2.05, 4.69) is 20.9 Å². The molecule has 0 saturated heterocycles. The number of pyridine rings is 1. The first-order valence-electron chi connectivity index (χ1n) is 10.8. The van der Waals surface area contributed by atoms with Crippen LogP contribution in [0.4, 0.5) is 16.2 Å². The minimum absolute atomic E-state index is 0.256. The van der Waals surface area contributed by atoms with E-state index in [1.807, 2.05) is 48.5 Å². The minimum atomic E-state index is -0.411. The van der Waals surface area contributed by atoms with Crippen molar-refractivity contribution in [2.75, 3.05) is 24.8 Å². The molecule has 1 aromatic heterocycles. The Kier molecular flexibility index (Phi) is 7.22. The van der Waals surface area contributed by atoms with Crippen LogP contribution in [0.5, 0.6) is 17.2 Å². The van der Waals surface area contributed by atoms with Crippen molar-refractivity contribution in [1.82, 2.24) is 10.3 Å². The van der Waals surface area contributed by atoms with Crippen LogP contribution in [0.3, 0.4) is 0 Å². The molecule has 0 bridgehead atoms. The number of amides is 3. The van der Waals surface area contributed by atoms with Gasteiger partial charge in [-0.2, -0.15) is 0 Å². The molecule has 4 rings (SSSR count). The van der Waals surface area contributed by atoms with E-state index in [0.717, 1.165) is 11.1 Å². The van der Waals surface area contributed by atoms with Crippen molar-refractivity contribution in [2.24, 2.45) is 0 Å². The molecule has 0 aliphatic carbocycles. The third-order valence-corrected chi connectivity index (χ3v) is 5.09. The molecule has 3 aromatic carbocycles. The summed E-state index contributed by atoms with van der Waals surface area (Å²) in [5.74, 6) is 1.27. The van der Waals surface area contributed by atoms with E-state index in [-0.39, 0.29) is 11.6 Å². The molecule has 0 saturated carbocycles. The molecule has 176 valence electrons. The highest BCUT2D eigenvalue weighted by Gasteiger charge is 2.11. The highest BCUT2D eigenvalue weighted by atomic mass is 16.5. The monoisotopic (exact) mass is 468 g/mol. The maximum atomic E-state index is 12.6. The number of hydrogen-bond donors (Lipinski definition) is 3. The molecule has 0 atom stereocenters. The molecule has 35 heavy (non-hydrogen) atoms. The highest BCUT2D eigenvalue weighted by molar-refractivity contribution is 6.01. The van der Waals surface area contributed by atoms with E-state index in [1.54, 1.807) is 43.5 Å². The van der Waals surface area contributed by atoms with Crippen LogP contribution >= 0.6 is 0 Å². The van der Waals surface area contributed by atoms with Gasteiger partial charge in [0.25, 0.3) is 5.91 Å². The number of methoxy groups -OCH3 is 1. The van der Waals surface area contributed by atoms with E-state index < -0.39 is 6.03 Å². The van der Waals surface area contributed by atoms with Gasteiger partial charge in [-0.15, -0.1) is 0 Å². The second-order valence-corrected chi connectivity index (χ2v) is 7.44. The molecule has 8 nitrogen and oxygen atoms in total. The lowest BCUT2D eigenvalue weighted by Crippen LogP contribution is -2.19. The standard InChI is InChI=1S/C27H24N4O4/c1-28-26(32)24-17-22(14-15-29-24)35-21-11-9-20(10-12-21)30-27(33)31-23-16-19(8-13-25(23)34-2)18-6-4-3-5-7-18/h3-17H,1-2H3,(H,28,32)(H2,30,31,33). The van der Waals surface area contributed by atoms with Gasteiger partial charge in [-0.3, -0.25) is 9.78 Å². The number of hydrogen-bond acceptors (Lipinski definition) is 5. The molecule has 0 aliphatic rings. The summed E-state index contributed by atoms with van der Waals surface area (Å²) in [6, 6.07) is 25.2. The van der Waals surface area contributed by atoms with Crippen molar-refractivity contribution in [1.29, 1.82) is 0 Å². The number of aromatic nitrogens is 1. The van der Waals surface area contributed by atoms with Crippen LogP contribution in [0.25, 0.3) is 11.1 Å². The minimum Gasteiger partial charge on any atom is -0.495 e. The van der Waals surface area contributed by atoms with Gasteiger partial charge in [0.15, 0.2) is 0 Å². The van der Waals surface area contributed by atoms with E-state index >= 15 is 0 Å². The molecule has 3 N–H and O–H groups in total. The van der Waals surface area contributed by atoms with Gasteiger partial charge in [-0.1, -0.05) is 36.4 Å². The quantitative estimate of drug-likeness (QED) is 0.330. The molecule has 0 unspecified atom stereocenters. The SMILES string of the molecule is CNC(=O)c1cc(Oc2ccc(NC(=O)Nc3cc(-c4ccccc4)ccc3OC)cc2)ccn1. The highest BCUT2D eigenvalue weighted by Crippen LogP contribution is 2.31. The second-order valence-electron chi connectivity index (χ2n) is 7.44. The van der Waals surface area contributed by atoms with Crippen LogP contribution in [-0.4, -0.2) is 31.1 Å². The lowest BCUT2D eigenvalue weighted by atomic mass is 10.0. The van der Waals surface area contributed by atoms with Gasteiger partial charge < -0.3 is 25.4 Å². The van der Waals surface area contributed by atoms with Crippen molar-refractivity contribution >= 4 is 23.3 Å². The lowest BCUT2D eigenvalue weighted by Gasteiger charge is -2.13. The number of carbonyl (C=O) groups excluding carboxylic acids is 2. The Morgan fingerprint density at radius 3 is 2.29 bits per heavy atom. The lowest BCUT2D eigenvalue weighted by molar-refractivity contribution is 0.0958. The van der Waals surface area contributed by atoms with Gasteiger partial charge >= 0.3 is 6.03 Å². The Balaban J connectivity index is 1.41. The number of benzene rings is 3. The average Bonchev–Trinajstić information content (AvgIpc) is 2.90. The van der Waals surface area contributed by atoms with Crippen molar-refractivity contribution in [3.63, 3.8) is 0 Å². The van der Waals surface area contributed by atoms with Gasteiger partial charge in [0, 0.05) is 25.0 Å². The Labute approximate surface area is 202 Å². The van der Waals surface area contributed by atoms with Gasteiger partial charge in [0.05, 0.1) is 12.8 Å². The first-order valence-corrected chi connectivity index (χ1v) is 10.8. The number of nitrogens with zero attached hydrogens (tertiary/aromatic N) is 1. The van der Waals surface area contributed by atoms with Crippen molar-refractivity contribution in [3.8, 4) is 28.4 Å². The van der Waals surface area contributed by atoms with Crippen molar-refractivity contribution in [3.05, 3.63) is 96.8 Å². The van der Waals surface area contributed by atoms with Crippen LogP contribution in [0.15, 0.2) is 91.1 Å². The normalized spacial score (nSPS) is 10.2. The summed E-state index contributed by atoms with van der Waals surface area (Å²) >= 11 is 0. The van der Waals surface area contributed by atoms with Crippen LogP contribution in [-0.2, 0) is 0 Å². The maximum Gasteiger partial charge on any atom is 0.323 e. The number of urea groups is 1. The zero-order valence-corrected chi connectivity index (χ0v) is 19.2. The van der Waals surface area contributed by atoms with Crippen LogP contribution < -0.4 is 25.4 Å². The van der Waals surface area contributed by atoms with E-state index in [9.17, 15) is 9.59 Å². The Morgan fingerprint density at radius 2 is 1.57 bits per heavy atom. The molecule has 3 amide bonds. The van der Waals surface area contributed by atoms with Crippen LogP contribution in [0, 0.1) is 0 Å². The molecule has 0 fully saturated rings. The summed E-state index contributed by atoms with van der Waals surface area (Å²) in [5, 5.41) is 8.17. The van der Waals surface area contributed by atoms with Gasteiger partial charge in [0.1, 0.15) is 22.9 Å². The maximum absolute atomic E-state index is 12.6. The summed E-state index contributed by atoms with van der Waals surface area (Å²) in [6.07, 6.45) is 1.50. The molecule has 4 aromatic rings. The van der Waals surface area contributed by atoms with Crippen molar-refractivity contribution < 1.29 is 19.1 Å². The summed E-state index contributed by atoms with van der Waals surface area (Å²) in [7, 11) is 3.09. The van der Waals surface area contributed by atoms with Gasteiger partial charge in [0.2, 0.25) is 0 Å². The fraction of sp³-hybridized carbons (Fsp3) is 0.0741. The number of rotatable bonds is 7. The average molecular weight is 469 g/mol. The third-order valence-electron chi connectivity index (χ3n) is 5.09. The zero-order chi connectivity index (χ0) is 24.6. The summed E-state index contributed by atoms with van der Waals surface area (Å²) in [6.45, 7) is 0. The van der Waals surface area contributed by atoms with E-state index in [1.165, 1.54) is 13.2 Å². The second kappa shape index (κ2) is 10.8. The number of ether oxygens (including phenoxy) is 2. The fourth-order valence-corrected chi connectivity index (χ4v) is 3.37. The largest absolute Gasteiger partial charge is 0.495 e. The van der Waals surface area contributed by atoms with Crippen molar-refractivity contribution in [2.45, 2.75) is 0 Å². The number of carbonyl (C=O) groups is 2. The van der Waals surface area contributed by atoms with Gasteiger partial charge in [-0.25, -0.2) is 4.79 Å². The number of anilines is 2. The smallest absolute Gasteiger partial charge is 0.323 e. The first kappa shape index (κ1) is 23.3.